The molecule has 0 bridgehead atoms. The molecule has 2 nitrogen and oxygen atoms in total. The van der Waals surface area contributed by atoms with E-state index in [1.807, 2.05) is 0 Å². The van der Waals surface area contributed by atoms with Gasteiger partial charge in [0.15, 0.2) is 0 Å². The van der Waals surface area contributed by atoms with Crippen LogP contribution in [-0.4, -0.2) is 37.7 Å². The van der Waals surface area contributed by atoms with Crippen LogP contribution < -0.4 is 0 Å². The van der Waals surface area contributed by atoms with Gasteiger partial charge in [-0.1, -0.05) is 45.0 Å². The minimum absolute atomic E-state index is 0.741. The highest BCUT2D eigenvalue weighted by molar-refractivity contribution is 5.23. The van der Waals surface area contributed by atoms with E-state index in [-0.39, 0.29) is 0 Å². The number of ether oxygens (including phenoxy) is 1. The SMILES string of the molecule is CC(C)Cc1ccc(CC(C)CCCN2CCOCC2)cc1. The molecule has 124 valence electrons. The summed E-state index contributed by atoms with van der Waals surface area (Å²) in [6.07, 6.45) is 5.04. The Balaban J connectivity index is 1.66. The Morgan fingerprint density at radius 3 is 2.14 bits per heavy atom. The van der Waals surface area contributed by atoms with Crippen molar-refractivity contribution in [3.05, 3.63) is 35.4 Å². The Morgan fingerprint density at radius 1 is 0.955 bits per heavy atom. The molecule has 1 heterocycles. The molecule has 1 fully saturated rings. The number of rotatable bonds is 8. The molecular weight excluding hydrogens is 270 g/mol. The van der Waals surface area contributed by atoms with Crippen LogP contribution in [0.5, 0.6) is 0 Å². The van der Waals surface area contributed by atoms with E-state index in [4.69, 9.17) is 4.74 Å². The van der Waals surface area contributed by atoms with Crippen molar-refractivity contribution in [1.82, 2.24) is 4.90 Å². The van der Waals surface area contributed by atoms with Crippen LogP contribution >= 0.6 is 0 Å². The second-order valence-corrected chi connectivity index (χ2v) is 7.32. The van der Waals surface area contributed by atoms with E-state index in [0.29, 0.717) is 0 Å². The van der Waals surface area contributed by atoms with E-state index < -0.39 is 0 Å². The zero-order valence-corrected chi connectivity index (χ0v) is 14.7. The lowest BCUT2D eigenvalue weighted by molar-refractivity contribution is 0.0367. The van der Waals surface area contributed by atoms with Gasteiger partial charge in [-0.2, -0.15) is 0 Å². The van der Waals surface area contributed by atoms with Crippen molar-refractivity contribution >= 4 is 0 Å². The van der Waals surface area contributed by atoms with Gasteiger partial charge >= 0.3 is 0 Å². The fraction of sp³-hybridized carbons (Fsp3) is 0.700. The third-order valence-corrected chi connectivity index (χ3v) is 4.53. The molecule has 1 saturated heterocycles. The highest BCUT2D eigenvalue weighted by Crippen LogP contribution is 2.16. The molecule has 1 atom stereocenters. The van der Waals surface area contributed by atoms with Crippen molar-refractivity contribution in [2.75, 3.05) is 32.8 Å². The van der Waals surface area contributed by atoms with Gasteiger partial charge in [0.2, 0.25) is 0 Å². The number of nitrogens with zero attached hydrogens (tertiary/aromatic N) is 1. The summed E-state index contributed by atoms with van der Waals surface area (Å²) >= 11 is 0. The molecule has 1 aliphatic heterocycles. The standard InChI is InChI=1S/C20H33NO/c1-17(2)15-19-6-8-20(9-7-19)16-18(3)5-4-10-21-11-13-22-14-12-21/h6-9,17-18H,4-5,10-16H2,1-3H3. The summed E-state index contributed by atoms with van der Waals surface area (Å²) in [5.41, 5.74) is 2.96. The summed E-state index contributed by atoms with van der Waals surface area (Å²) in [7, 11) is 0. The van der Waals surface area contributed by atoms with Crippen molar-refractivity contribution in [2.45, 2.75) is 46.5 Å². The molecule has 0 aliphatic carbocycles. The predicted octanol–water partition coefficient (Wildman–Crippen LogP) is 4.18. The van der Waals surface area contributed by atoms with Crippen LogP contribution in [0.15, 0.2) is 24.3 Å². The maximum atomic E-state index is 5.40. The normalized spacial score (nSPS) is 17.8. The van der Waals surface area contributed by atoms with Crippen LogP contribution in [0.2, 0.25) is 0 Å². The summed E-state index contributed by atoms with van der Waals surface area (Å²) < 4.78 is 5.40. The quantitative estimate of drug-likeness (QED) is 0.714. The van der Waals surface area contributed by atoms with Crippen LogP contribution in [0.3, 0.4) is 0 Å². The molecule has 1 unspecified atom stereocenters. The smallest absolute Gasteiger partial charge is 0.0594 e. The molecule has 0 aromatic heterocycles. The molecule has 2 rings (SSSR count). The van der Waals surface area contributed by atoms with Crippen LogP contribution in [0.25, 0.3) is 0 Å². The number of morpholine rings is 1. The van der Waals surface area contributed by atoms with Crippen LogP contribution in [0.4, 0.5) is 0 Å². The van der Waals surface area contributed by atoms with Gasteiger partial charge < -0.3 is 4.74 Å². The second-order valence-electron chi connectivity index (χ2n) is 7.32. The minimum atomic E-state index is 0.741. The van der Waals surface area contributed by atoms with E-state index in [0.717, 1.165) is 38.1 Å². The van der Waals surface area contributed by atoms with Gasteiger partial charge in [0.05, 0.1) is 13.2 Å². The molecule has 22 heavy (non-hydrogen) atoms. The molecule has 0 spiro atoms. The summed E-state index contributed by atoms with van der Waals surface area (Å²) in [6.45, 7) is 12.3. The topological polar surface area (TPSA) is 12.5 Å². The van der Waals surface area contributed by atoms with Gasteiger partial charge in [0.1, 0.15) is 0 Å². The van der Waals surface area contributed by atoms with Gasteiger partial charge in [-0.15, -0.1) is 0 Å². The maximum absolute atomic E-state index is 5.40. The van der Waals surface area contributed by atoms with Crippen molar-refractivity contribution < 1.29 is 4.74 Å². The van der Waals surface area contributed by atoms with Gasteiger partial charge in [0.25, 0.3) is 0 Å². The van der Waals surface area contributed by atoms with E-state index in [9.17, 15) is 0 Å². The summed E-state index contributed by atoms with van der Waals surface area (Å²) in [4.78, 5) is 2.54. The molecule has 1 aliphatic rings. The minimum Gasteiger partial charge on any atom is -0.379 e. The molecule has 0 N–H and O–H groups in total. The molecule has 0 saturated carbocycles. The lowest BCUT2D eigenvalue weighted by Gasteiger charge is -2.26. The first-order valence-electron chi connectivity index (χ1n) is 9.01. The van der Waals surface area contributed by atoms with Crippen molar-refractivity contribution in [3.63, 3.8) is 0 Å². The molecule has 1 aromatic carbocycles. The number of benzene rings is 1. The van der Waals surface area contributed by atoms with E-state index in [2.05, 4.69) is 49.9 Å². The Kier molecular flexibility index (Phi) is 7.41. The zero-order valence-electron chi connectivity index (χ0n) is 14.7. The maximum Gasteiger partial charge on any atom is 0.0594 e. The first-order valence-corrected chi connectivity index (χ1v) is 9.01. The van der Waals surface area contributed by atoms with E-state index >= 15 is 0 Å². The number of hydrogen-bond acceptors (Lipinski definition) is 2. The summed E-state index contributed by atoms with van der Waals surface area (Å²) in [6, 6.07) is 9.29. The Morgan fingerprint density at radius 2 is 1.55 bits per heavy atom. The highest BCUT2D eigenvalue weighted by Gasteiger charge is 2.11. The van der Waals surface area contributed by atoms with Crippen molar-refractivity contribution in [2.24, 2.45) is 11.8 Å². The molecule has 1 aromatic rings. The van der Waals surface area contributed by atoms with Crippen LogP contribution in [0.1, 0.15) is 44.7 Å². The molecular formula is C20H33NO. The lowest BCUT2D eigenvalue weighted by Crippen LogP contribution is -2.36. The third kappa shape index (κ3) is 6.50. The molecule has 0 radical (unpaired) electrons. The highest BCUT2D eigenvalue weighted by atomic mass is 16.5. The Labute approximate surface area is 136 Å². The first-order chi connectivity index (χ1) is 10.6. The van der Waals surface area contributed by atoms with Gasteiger partial charge in [-0.05, 0) is 55.2 Å². The third-order valence-electron chi connectivity index (χ3n) is 4.53. The van der Waals surface area contributed by atoms with Crippen molar-refractivity contribution in [3.8, 4) is 0 Å². The van der Waals surface area contributed by atoms with Gasteiger partial charge in [-0.25, -0.2) is 0 Å². The van der Waals surface area contributed by atoms with Crippen LogP contribution in [0, 0.1) is 11.8 Å². The zero-order chi connectivity index (χ0) is 15.8. The van der Waals surface area contributed by atoms with E-state index in [1.165, 1.54) is 43.4 Å². The Hall–Kier alpha value is -0.860. The lowest BCUT2D eigenvalue weighted by atomic mass is 9.94. The summed E-state index contributed by atoms with van der Waals surface area (Å²) in [5, 5.41) is 0. The van der Waals surface area contributed by atoms with Crippen molar-refractivity contribution in [1.29, 1.82) is 0 Å². The largest absolute Gasteiger partial charge is 0.379 e. The fourth-order valence-electron chi connectivity index (χ4n) is 3.28. The number of hydrogen-bond donors (Lipinski definition) is 0. The van der Waals surface area contributed by atoms with Crippen LogP contribution in [-0.2, 0) is 17.6 Å². The average molecular weight is 303 g/mol. The average Bonchev–Trinajstić information content (AvgIpc) is 2.50. The molecule has 2 heteroatoms. The van der Waals surface area contributed by atoms with Gasteiger partial charge in [-0.3, -0.25) is 4.90 Å². The van der Waals surface area contributed by atoms with Gasteiger partial charge in [0, 0.05) is 13.1 Å². The monoisotopic (exact) mass is 303 g/mol. The second kappa shape index (κ2) is 9.32. The van der Waals surface area contributed by atoms with E-state index in [1.54, 1.807) is 0 Å². The fourth-order valence-corrected chi connectivity index (χ4v) is 3.28. The Bertz CT molecular complexity index is 406. The summed E-state index contributed by atoms with van der Waals surface area (Å²) in [5.74, 6) is 1.52. The molecule has 0 amide bonds. The predicted molar refractivity (Wildman–Crippen MR) is 94.3 cm³/mol. The first kappa shape index (κ1) is 17.5.